The van der Waals surface area contributed by atoms with Gasteiger partial charge < -0.3 is 10.6 Å². The number of rotatable bonds is 6. The number of nitrogens with zero attached hydrogens (tertiary/aromatic N) is 2. The third kappa shape index (κ3) is 3.82. The molecule has 0 aromatic carbocycles. The lowest BCUT2D eigenvalue weighted by atomic mass is 9.98. The molecule has 2 rings (SSSR count). The van der Waals surface area contributed by atoms with Gasteiger partial charge in [0.2, 0.25) is 5.95 Å². The van der Waals surface area contributed by atoms with Crippen LogP contribution >= 0.6 is 0 Å². The van der Waals surface area contributed by atoms with Crippen LogP contribution < -0.4 is 10.6 Å². The Morgan fingerprint density at radius 1 is 1.32 bits per heavy atom. The first-order chi connectivity index (χ1) is 9.20. The van der Waals surface area contributed by atoms with Crippen molar-refractivity contribution in [2.24, 2.45) is 11.8 Å². The zero-order valence-corrected chi connectivity index (χ0v) is 12.4. The van der Waals surface area contributed by atoms with Gasteiger partial charge in [0, 0.05) is 24.8 Å². The van der Waals surface area contributed by atoms with Crippen molar-refractivity contribution in [3.63, 3.8) is 0 Å². The Morgan fingerprint density at radius 2 is 2.16 bits per heavy atom. The molecular formula is C15H26N4. The summed E-state index contributed by atoms with van der Waals surface area (Å²) >= 11 is 0. The van der Waals surface area contributed by atoms with Gasteiger partial charge in [-0.05, 0) is 31.6 Å². The maximum absolute atomic E-state index is 4.56. The summed E-state index contributed by atoms with van der Waals surface area (Å²) in [5.41, 5.74) is 1.12. The van der Waals surface area contributed by atoms with Crippen LogP contribution in [0.25, 0.3) is 0 Å². The van der Waals surface area contributed by atoms with Crippen LogP contribution in [-0.4, -0.2) is 23.1 Å². The molecule has 0 bridgehead atoms. The predicted molar refractivity (Wildman–Crippen MR) is 80.5 cm³/mol. The van der Waals surface area contributed by atoms with Crippen LogP contribution in [0.2, 0.25) is 0 Å². The van der Waals surface area contributed by atoms with Gasteiger partial charge in [0.1, 0.15) is 5.82 Å². The molecule has 2 unspecified atom stereocenters. The van der Waals surface area contributed by atoms with E-state index in [2.05, 4.69) is 41.4 Å². The van der Waals surface area contributed by atoms with E-state index in [9.17, 15) is 0 Å². The van der Waals surface area contributed by atoms with Gasteiger partial charge in [-0.2, -0.15) is 4.98 Å². The number of hydrogen-bond acceptors (Lipinski definition) is 4. The van der Waals surface area contributed by atoms with Crippen LogP contribution in [-0.2, 0) is 0 Å². The smallest absolute Gasteiger partial charge is 0.224 e. The van der Waals surface area contributed by atoms with Gasteiger partial charge in [0.05, 0.1) is 0 Å². The highest BCUT2D eigenvalue weighted by Gasteiger charge is 2.23. The van der Waals surface area contributed by atoms with E-state index in [1.807, 2.05) is 6.20 Å². The fraction of sp³-hybridized carbons (Fsp3) is 0.733. The van der Waals surface area contributed by atoms with Crippen LogP contribution in [0, 0.1) is 18.8 Å². The lowest BCUT2D eigenvalue weighted by Crippen LogP contribution is -2.18. The molecule has 4 nitrogen and oxygen atoms in total. The average molecular weight is 262 g/mol. The molecule has 0 amide bonds. The van der Waals surface area contributed by atoms with Crippen molar-refractivity contribution >= 4 is 11.8 Å². The van der Waals surface area contributed by atoms with E-state index in [0.29, 0.717) is 0 Å². The molecule has 0 spiro atoms. The molecule has 2 N–H and O–H groups in total. The second-order valence-corrected chi connectivity index (χ2v) is 5.70. The normalized spacial score (nSPS) is 22.5. The van der Waals surface area contributed by atoms with Gasteiger partial charge in [-0.1, -0.05) is 26.7 Å². The molecule has 1 fully saturated rings. The van der Waals surface area contributed by atoms with Crippen LogP contribution in [0.15, 0.2) is 6.20 Å². The quantitative estimate of drug-likeness (QED) is 0.824. The highest BCUT2D eigenvalue weighted by atomic mass is 15.1. The molecule has 1 aliphatic carbocycles. The largest absolute Gasteiger partial charge is 0.369 e. The predicted octanol–water partition coefficient (Wildman–Crippen LogP) is 3.46. The minimum atomic E-state index is 0.731. The van der Waals surface area contributed by atoms with E-state index in [0.717, 1.165) is 48.7 Å². The number of aromatic nitrogens is 2. The summed E-state index contributed by atoms with van der Waals surface area (Å²) in [6.45, 7) is 8.51. The third-order valence-electron chi connectivity index (χ3n) is 4.08. The first kappa shape index (κ1) is 14.1. The van der Waals surface area contributed by atoms with Crippen LogP contribution in [0.5, 0.6) is 0 Å². The van der Waals surface area contributed by atoms with Crippen molar-refractivity contribution in [2.75, 3.05) is 23.7 Å². The average Bonchev–Trinajstić information content (AvgIpc) is 2.82. The zero-order valence-electron chi connectivity index (χ0n) is 12.4. The second kappa shape index (κ2) is 6.73. The van der Waals surface area contributed by atoms with Crippen molar-refractivity contribution in [3.05, 3.63) is 11.8 Å². The molecular weight excluding hydrogens is 236 g/mol. The summed E-state index contributed by atoms with van der Waals surface area (Å²) in [6.07, 6.45) is 7.07. The van der Waals surface area contributed by atoms with Crippen molar-refractivity contribution in [1.82, 2.24) is 9.97 Å². The maximum Gasteiger partial charge on any atom is 0.224 e. The molecule has 106 valence electrons. The molecule has 4 heteroatoms. The van der Waals surface area contributed by atoms with Gasteiger partial charge >= 0.3 is 0 Å². The van der Waals surface area contributed by atoms with Crippen molar-refractivity contribution in [1.29, 1.82) is 0 Å². The summed E-state index contributed by atoms with van der Waals surface area (Å²) in [7, 11) is 0. The Hall–Kier alpha value is -1.32. The molecule has 2 atom stereocenters. The Labute approximate surface area is 116 Å². The molecule has 1 aliphatic rings. The monoisotopic (exact) mass is 262 g/mol. The zero-order chi connectivity index (χ0) is 13.7. The third-order valence-corrected chi connectivity index (χ3v) is 4.08. The molecule has 19 heavy (non-hydrogen) atoms. The Morgan fingerprint density at radius 3 is 2.84 bits per heavy atom. The molecule has 0 aliphatic heterocycles. The molecule has 1 aromatic rings. The minimum Gasteiger partial charge on any atom is -0.369 e. The maximum atomic E-state index is 4.56. The summed E-state index contributed by atoms with van der Waals surface area (Å²) in [5.74, 6) is 3.34. The van der Waals surface area contributed by atoms with Crippen LogP contribution in [0.1, 0.15) is 45.1 Å². The second-order valence-electron chi connectivity index (χ2n) is 5.70. The molecule has 0 saturated heterocycles. The fourth-order valence-corrected chi connectivity index (χ4v) is 2.70. The number of nitrogens with one attached hydrogen (secondary N) is 2. The summed E-state index contributed by atoms with van der Waals surface area (Å²) in [6, 6.07) is 0. The van der Waals surface area contributed by atoms with E-state index in [1.165, 1.54) is 19.3 Å². The number of anilines is 2. The first-order valence-electron chi connectivity index (χ1n) is 7.52. The van der Waals surface area contributed by atoms with Crippen molar-refractivity contribution < 1.29 is 0 Å². The van der Waals surface area contributed by atoms with Crippen molar-refractivity contribution in [2.45, 2.75) is 46.5 Å². The van der Waals surface area contributed by atoms with Gasteiger partial charge in [0.25, 0.3) is 0 Å². The fourth-order valence-electron chi connectivity index (χ4n) is 2.70. The van der Waals surface area contributed by atoms with E-state index < -0.39 is 0 Å². The summed E-state index contributed by atoms with van der Waals surface area (Å²) < 4.78 is 0. The van der Waals surface area contributed by atoms with Gasteiger partial charge in [-0.25, -0.2) is 4.98 Å². The Bertz CT molecular complexity index is 405. The van der Waals surface area contributed by atoms with E-state index in [4.69, 9.17) is 0 Å². The topological polar surface area (TPSA) is 49.8 Å². The summed E-state index contributed by atoms with van der Waals surface area (Å²) in [5, 5.41) is 6.75. The van der Waals surface area contributed by atoms with Gasteiger partial charge in [-0.15, -0.1) is 0 Å². The number of hydrogen-bond donors (Lipinski definition) is 2. The lowest BCUT2D eigenvalue weighted by Gasteiger charge is -2.17. The Balaban J connectivity index is 1.94. The lowest BCUT2D eigenvalue weighted by molar-refractivity contribution is 0.439. The SMILES string of the molecule is CCCNc1ncc(C)c(NCC2CCCC2C)n1. The molecule has 0 radical (unpaired) electrons. The van der Waals surface area contributed by atoms with Gasteiger partial charge in [-0.3, -0.25) is 0 Å². The van der Waals surface area contributed by atoms with E-state index >= 15 is 0 Å². The van der Waals surface area contributed by atoms with Gasteiger partial charge in [0.15, 0.2) is 0 Å². The van der Waals surface area contributed by atoms with Crippen LogP contribution in [0.3, 0.4) is 0 Å². The standard InChI is InChI=1S/C15H26N4/c1-4-8-16-15-18-9-12(3)14(19-15)17-10-13-7-5-6-11(13)2/h9,11,13H,4-8,10H2,1-3H3,(H2,16,17,18,19). The highest BCUT2D eigenvalue weighted by Crippen LogP contribution is 2.31. The van der Waals surface area contributed by atoms with E-state index in [-0.39, 0.29) is 0 Å². The van der Waals surface area contributed by atoms with Crippen LogP contribution in [0.4, 0.5) is 11.8 Å². The molecule has 1 saturated carbocycles. The molecule has 1 heterocycles. The van der Waals surface area contributed by atoms with Crippen molar-refractivity contribution in [3.8, 4) is 0 Å². The van der Waals surface area contributed by atoms with E-state index in [1.54, 1.807) is 0 Å². The number of aryl methyl sites for hydroxylation is 1. The first-order valence-corrected chi connectivity index (χ1v) is 7.52. The Kier molecular flexibility index (Phi) is 5.00. The minimum absolute atomic E-state index is 0.731. The summed E-state index contributed by atoms with van der Waals surface area (Å²) in [4.78, 5) is 8.87. The highest BCUT2D eigenvalue weighted by molar-refractivity contribution is 5.46. The molecule has 1 aromatic heterocycles.